The fourth-order valence-corrected chi connectivity index (χ4v) is 3.51. The average Bonchev–Trinajstić information content (AvgIpc) is 2.33. The molecule has 0 aliphatic heterocycles. The lowest BCUT2D eigenvalue weighted by molar-refractivity contribution is -0.119. The molecular formula is C15H19BrClNO. The summed E-state index contributed by atoms with van der Waals surface area (Å²) in [5.74, 6) is 0.189. The molecule has 0 saturated heterocycles. The summed E-state index contributed by atoms with van der Waals surface area (Å²) in [5, 5.41) is 0.637. The third-order valence-electron chi connectivity index (χ3n) is 3.80. The van der Waals surface area contributed by atoms with E-state index in [0.717, 1.165) is 35.7 Å². The number of ketones is 1. The van der Waals surface area contributed by atoms with Crippen LogP contribution in [0.3, 0.4) is 0 Å². The van der Waals surface area contributed by atoms with Crippen molar-refractivity contribution in [2.24, 2.45) is 5.73 Å². The Hall–Kier alpha value is -0.380. The van der Waals surface area contributed by atoms with Crippen molar-refractivity contribution < 1.29 is 4.79 Å². The highest BCUT2D eigenvalue weighted by Crippen LogP contribution is 2.30. The molecule has 0 heterocycles. The van der Waals surface area contributed by atoms with Gasteiger partial charge >= 0.3 is 0 Å². The SMILES string of the molecule is NC1(CC(=O)Cc2ccc(Br)cc2Cl)CCCCC1. The van der Waals surface area contributed by atoms with E-state index in [0.29, 0.717) is 17.9 Å². The largest absolute Gasteiger partial charge is 0.325 e. The van der Waals surface area contributed by atoms with Crippen LogP contribution in [0.5, 0.6) is 0 Å². The number of carbonyl (C=O) groups is 1. The van der Waals surface area contributed by atoms with Gasteiger partial charge in [0.05, 0.1) is 0 Å². The Bertz CT molecular complexity index is 469. The second kappa shape index (κ2) is 6.38. The van der Waals surface area contributed by atoms with Crippen molar-refractivity contribution in [1.29, 1.82) is 0 Å². The van der Waals surface area contributed by atoms with Gasteiger partial charge < -0.3 is 5.73 Å². The summed E-state index contributed by atoms with van der Waals surface area (Å²) >= 11 is 9.50. The highest BCUT2D eigenvalue weighted by atomic mass is 79.9. The highest BCUT2D eigenvalue weighted by molar-refractivity contribution is 9.10. The van der Waals surface area contributed by atoms with Crippen molar-refractivity contribution in [3.63, 3.8) is 0 Å². The second-order valence-electron chi connectivity index (χ2n) is 5.55. The predicted molar refractivity (Wildman–Crippen MR) is 82.5 cm³/mol. The first-order valence-corrected chi connectivity index (χ1v) is 7.90. The minimum absolute atomic E-state index is 0.189. The molecule has 0 unspecified atom stereocenters. The number of benzene rings is 1. The lowest BCUT2D eigenvalue weighted by Gasteiger charge is -2.32. The fraction of sp³-hybridized carbons (Fsp3) is 0.533. The molecule has 0 aromatic heterocycles. The molecule has 4 heteroatoms. The Morgan fingerprint density at radius 3 is 2.63 bits per heavy atom. The molecule has 0 radical (unpaired) electrons. The third kappa shape index (κ3) is 4.30. The minimum Gasteiger partial charge on any atom is -0.325 e. The van der Waals surface area contributed by atoms with Crippen LogP contribution >= 0.6 is 27.5 Å². The molecule has 1 saturated carbocycles. The molecule has 0 atom stereocenters. The van der Waals surface area contributed by atoms with E-state index in [1.54, 1.807) is 0 Å². The van der Waals surface area contributed by atoms with Crippen LogP contribution in [0.1, 0.15) is 44.1 Å². The third-order valence-corrected chi connectivity index (χ3v) is 4.65. The number of halogens is 2. The molecule has 1 aromatic rings. The lowest BCUT2D eigenvalue weighted by atomic mass is 9.78. The van der Waals surface area contributed by atoms with Crippen molar-refractivity contribution in [2.45, 2.75) is 50.5 Å². The molecule has 0 spiro atoms. The number of nitrogens with two attached hydrogens (primary N) is 1. The van der Waals surface area contributed by atoms with Gasteiger partial charge in [-0.3, -0.25) is 4.79 Å². The van der Waals surface area contributed by atoms with Gasteiger partial charge in [0, 0.05) is 27.9 Å². The normalized spacial score (nSPS) is 18.3. The predicted octanol–water partition coefficient (Wildman–Crippen LogP) is 4.27. The van der Waals surface area contributed by atoms with Crippen molar-refractivity contribution in [1.82, 2.24) is 0 Å². The molecule has 1 aliphatic carbocycles. The Kier molecular flexibility index (Phi) is 5.04. The molecule has 2 N–H and O–H groups in total. The molecule has 2 rings (SSSR count). The molecule has 2 nitrogen and oxygen atoms in total. The fourth-order valence-electron chi connectivity index (χ4n) is 2.77. The van der Waals surface area contributed by atoms with Crippen LogP contribution < -0.4 is 5.73 Å². The van der Waals surface area contributed by atoms with Crippen LogP contribution in [0, 0.1) is 0 Å². The van der Waals surface area contributed by atoms with Crippen LogP contribution in [-0.2, 0) is 11.2 Å². The summed E-state index contributed by atoms with van der Waals surface area (Å²) in [4.78, 5) is 12.2. The van der Waals surface area contributed by atoms with E-state index in [1.165, 1.54) is 6.42 Å². The number of hydrogen-bond acceptors (Lipinski definition) is 2. The zero-order chi connectivity index (χ0) is 13.9. The van der Waals surface area contributed by atoms with Crippen LogP contribution in [0.4, 0.5) is 0 Å². The molecule has 1 aromatic carbocycles. The minimum atomic E-state index is -0.281. The van der Waals surface area contributed by atoms with Gasteiger partial charge in [-0.05, 0) is 30.5 Å². The number of carbonyl (C=O) groups excluding carboxylic acids is 1. The zero-order valence-corrected chi connectivity index (χ0v) is 13.3. The summed E-state index contributed by atoms with van der Waals surface area (Å²) in [7, 11) is 0. The monoisotopic (exact) mass is 343 g/mol. The van der Waals surface area contributed by atoms with Crippen LogP contribution in [-0.4, -0.2) is 11.3 Å². The van der Waals surface area contributed by atoms with Crippen molar-refractivity contribution >= 4 is 33.3 Å². The summed E-state index contributed by atoms with van der Waals surface area (Å²) in [5.41, 5.74) is 6.92. The summed E-state index contributed by atoms with van der Waals surface area (Å²) < 4.78 is 0.927. The topological polar surface area (TPSA) is 43.1 Å². The molecule has 0 amide bonds. The van der Waals surface area contributed by atoms with Gasteiger partial charge in [0.1, 0.15) is 5.78 Å². The van der Waals surface area contributed by atoms with Crippen molar-refractivity contribution in [3.8, 4) is 0 Å². The van der Waals surface area contributed by atoms with E-state index in [1.807, 2.05) is 18.2 Å². The zero-order valence-electron chi connectivity index (χ0n) is 10.9. The van der Waals surface area contributed by atoms with E-state index in [2.05, 4.69) is 15.9 Å². The van der Waals surface area contributed by atoms with Gasteiger partial charge in [0.2, 0.25) is 0 Å². The standard InChI is InChI=1S/C15H19BrClNO/c16-12-5-4-11(14(17)9-12)8-13(19)10-15(18)6-2-1-3-7-15/h4-5,9H,1-3,6-8,10,18H2. The average molecular weight is 345 g/mol. The highest BCUT2D eigenvalue weighted by Gasteiger charge is 2.29. The molecule has 1 fully saturated rings. The van der Waals surface area contributed by atoms with E-state index in [9.17, 15) is 4.79 Å². The van der Waals surface area contributed by atoms with E-state index >= 15 is 0 Å². The molecule has 1 aliphatic rings. The smallest absolute Gasteiger partial charge is 0.139 e. The summed E-state index contributed by atoms with van der Waals surface area (Å²) in [6.07, 6.45) is 6.31. The van der Waals surface area contributed by atoms with Gasteiger partial charge in [-0.2, -0.15) is 0 Å². The first-order chi connectivity index (χ1) is 8.98. The number of hydrogen-bond donors (Lipinski definition) is 1. The Morgan fingerprint density at radius 2 is 2.00 bits per heavy atom. The quantitative estimate of drug-likeness (QED) is 0.886. The van der Waals surface area contributed by atoms with E-state index < -0.39 is 0 Å². The molecule has 0 bridgehead atoms. The van der Waals surface area contributed by atoms with Crippen LogP contribution in [0.25, 0.3) is 0 Å². The van der Waals surface area contributed by atoms with Gasteiger partial charge in [0.25, 0.3) is 0 Å². The Morgan fingerprint density at radius 1 is 1.32 bits per heavy atom. The van der Waals surface area contributed by atoms with E-state index in [-0.39, 0.29) is 11.3 Å². The summed E-state index contributed by atoms with van der Waals surface area (Å²) in [6, 6.07) is 5.63. The molecule has 104 valence electrons. The van der Waals surface area contributed by atoms with Crippen LogP contribution in [0.2, 0.25) is 5.02 Å². The first-order valence-electron chi connectivity index (χ1n) is 6.73. The second-order valence-corrected chi connectivity index (χ2v) is 6.87. The maximum absolute atomic E-state index is 12.2. The first kappa shape index (κ1) is 15.0. The van der Waals surface area contributed by atoms with Gasteiger partial charge in [-0.1, -0.05) is 52.9 Å². The van der Waals surface area contributed by atoms with E-state index in [4.69, 9.17) is 17.3 Å². The number of rotatable bonds is 4. The number of Topliss-reactive ketones (excluding diaryl/α,β-unsaturated/α-hetero) is 1. The van der Waals surface area contributed by atoms with Gasteiger partial charge in [-0.25, -0.2) is 0 Å². The van der Waals surface area contributed by atoms with Gasteiger partial charge in [-0.15, -0.1) is 0 Å². The maximum atomic E-state index is 12.2. The lowest BCUT2D eigenvalue weighted by Crippen LogP contribution is -2.43. The summed E-state index contributed by atoms with van der Waals surface area (Å²) in [6.45, 7) is 0. The molecule has 19 heavy (non-hydrogen) atoms. The van der Waals surface area contributed by atoms with Crippen molar-refractivity contribution in [3.05, 3.63) is 33.3 Å². The van der Waals surface area contributed by atoms with Crippen LogP contribution in [0.15, 0.2) is 22.7 Å². The Balaban J connectivity index is 1.97. The Labute approximate surface area is 127 Å². The van der Waals surface area contributed by atoms with Crippen molar-refractivity contribution in [2.75, 3.05) is 0 Å². The maximum Gasteiger partial charge on any atom is 0.139 e. The van der Waals surface area contributed by atoms with Gasteiger partial charge in [0.15, 0.2) is 0 Å². The molecular weight excluding hydrogens is 326 g/mol.